The van der Waals surface area contributed by atoms with Crippen LogP contribution in [-0.2, 0) is 17.6 Å². The molecule has 0 atom stereocenters. The van der Waals surface area contributed by atoms with Gasteiger partial charge in [0.1, 0.15) is 16.6 Å². The van der Waals surface area contributed by atoms with Gasteiger partial charge < -0.3 is 11.1 Å². The fourth-order valence-corrected chi connectivity index (χ4v) is 5.02. The molecule has 0 saturated heterocycles. The molecule has 3 rings (SSSR count). The molecule has 1 aromatic heterocycles. The summed E-state index contributed by atoms with van der Waals surface area (Å²) in [7, 11) is 0. The second kappa shape index (κ2) is 8.18. The third-order valence-corrected chi connectivity index (χ3v) is 6.43. The summed E-state index contributed by atoms with van der Waals surface area (Å²) in [5.74, 6) is -2.33. The maximum absolute atomic E-state index is 13.6. The van der Waals surface area contributed by atoms with Gasteiger partial charge in [-0.25, -0.2) is 8.78 Å². The van der Waals surface area contributed by atoms with E-state index in [4.69, 9.17) is 5.73 Å². The molecule has 1 aliphatic rings. The number of anilines is 1. The van der Waals surface area contributed by atoms with Gasteiger partial charge in [-0.05, 0) is 43.4 Å². The number of thiophene rings is 1. The number of rotatable bonds is 5. The molecule has 2 amide bonds. The van der Waals surface area contributed by atoms with Gasteiger partial charge in [-0.2, -0.15) is 0 Å². The van der Waals surface area contributed by atoms with Crippen molar-refractivity contribution in [3.05, 3.63) is 45.8 Å². The van der Waals surface area contributed by atoms with Gasteiger partial charge in [-0.3, -0.25) is 9.59 Å². The lowest BCUT2D eigenvalue weighted by molar-refractivity contribution is -0.113. The number of nitrogens with one attached hydrogen (secondary N) is 1. The van der Waals surface area contributed by atoms with E-state index >= 15 is 0 Å². The molecule has 0 fully saturated rings. The number of benzene rings is 1. The van der Waals surface area contributed by atoms with E-state index in [1.165, 1.54) is 17.4 Å². The summed E-state index contributed by atoms with van der Waals surface area (Å²) in [5.41, 5.74) is 6.89. The normalized spacial score (nSPS) is 13.8. The lowest BCUT2D eigenvalue weighted by Gasteiger charge is -2.07. The summed E-state index contributed by atoms with van der Waals surface area (Å²) >= 11 is 2.36. The Morgan fingerprint density at radius 3 is 2.69 bits per heavy atom. The highest BCUT2D eigenvalue weighted by molar-refractivity contribution is 8.00. The molecule has 0 saturated carbocycles. The highest BCUT2D eigenvalue weighted by Gasteiger charge is 2.24. The molecule has 8 heteroatoms. The highest BCUT2D eigenvalue weighted by Crippen LogP contribution is 2.37. The number of aryl methyl sites for hydroxylation is 1. The molecule has 26 heavy (non-hydrogen) atoms. The summed E-state index contributed by atoms with van der Waals surface area (Å²) < 4.78 is 26.6. The monoisotopic (exact) mass is 396 g/mol. The number of hydrogen-bond acceptors (Lipinski definition) is 4. The Morgan fingerprint density at radius 2 is 1.96 bits per heavy atom. The zero-order chi connectivity index (χ0) is 18.7. The van der Waals surface area contributed by atoms with Crippen LogP contribution in [0.25, 0.3) is 0 Å². The van der Waals surface area contributed by atoms with Gasteiger partial charge in [-0.15, -0.1) is 23.1 Å². The van der Waals surface area contributed by atoms with Crippen molar-refractivity contribution in [2.24, 2.45) is 5.73 Å². The molecule has 0 bridgehead atoms. The fourth-order valence-electron chi connectivity index (χ4n) is 2.99. The first-order valence-corrected chi connectivity index (χ1v) is 10.1. The Balaban J connectivity index is 1.72. The molecule has 1 heterocycles. The number of fused-ring (bicyclic) bond motifs is 1. The molecular weight excluding hydrogens is 378 g/mol. The summed E-state index contributed by atoms with van der Waals surface area (Å²) in [4.78, 5) is 25.4. The van der Waals surface area contributed by atoms with Gasteiger partial charge in [0.25, 0.3) is 5.91 Å². The molecule has 4 nitrogen and oxygen atoms in total. The molecule has 3 N–H and O–H groups in total. The number of nitrogens with two attached hydrogens (primary N) is 1. The van der Waals surface area contributed by atoms with Crippen molar-refractivity contribution in [3.8, 4) is 0 Å². The van der Waals surface area contributed by atoms with Gasteiger partial charge >= 0.3 is 0 Å². The van der Waals surface area contributed by atoms with Crippen molar-refractivity contribution < 1.29 is 18.4 Å². The first-order valence-electron chi connectivity index (χ1n) is 8.27. The van der Waals surface area contributed by atoms with Crippen molar-refractivity contribution in [1.29, 1.82) is 0 Å². The minimum Gasteiger partial charge on any atom is -0.365 e. The number of hydrogen-bond donors (Lipinski definition) is 2. The summed E-state index contributed by atoms with van der Waals surface area (Å²) in [6.45, 7) is 0. The van der Waals surface area contributed by atoms with E-state index in [2.05, 4.69) is 5.32 Å². The summed E-state index contributed by atoms with van der Waals surface area (Å²) in [6.07, 6.45) is 4.83. The highest BCUT2D eigenvalue weighted by atomic mass is 32.2. The van der Waals surface area contributed by atoms with E-state index in [1.807, 2.05) is 0 Å². The van der Waals surface area contributed by atoms with Crippen LogP contribution in [0.15, 0.2) is 23.1 Å². The fraction of sp³-hybridized carbons (Fsp3) is 0.333. The van der Waals surface area contributed by atoms with E-state index in [-0.39, 0.29) is 16.6 Å². The molecule has 1 aliphatic carbocycles. The zero-order valence-corrected chi connectivity index (χ0v) is 15.6. The maximum atomic E-state index is 13.6. The SMILES string of the molecule is NC(=O)c1c(NC(=O)CSc2ccc(F)cc2F)sc2c1CCCCC2. The molecule has 1 aromatic carbocycles. The predicted molar refractivity (Wildman–Crippen MR) is 99.8 cm³/mol. The average molecular weight is 396 g/mol. The topological polar surface area (TPSA) is 72.2 Å². The Hall–Kier alpha value is -1.93. The van der Waals surface area contributed by atoms with E-state index < -0.39 is 17.5 Å². The Kier molecular flexibility index (Phi) is 5.93. The van der Waals surface area contributed by atoms with E-state index in [0.29, 0.717) is 10.6 Å². The Bertz CT molecular complexity index is 852. The number of thioether (sulfide) groups is 1. The Morgan fingerprint density at radius 1 is 1.19 bits per heavy atom. The number of halogens is 2. The van der Waals surface area contributed by atoms with Crippen LogP contribution in [0, 0.1) is 11.6 Å². The van der Waals surface area contributed by atoms with Crippen LogP contribution < -0.4 is 11.1 Å². The molecule has 2 aromatic rings. The molecule has 138 valence electrons. The first kappa shape index (κ1) is 18.8. The van der Waals surface area contributed by atoms with E-state index in [0.717, 1.165) is 66.4 Å². The second-order valence-corrected chi connectivity index (χ2v) is 8.17. The van der Waals surface area contributed by atoms with Gasteiger partial charge in [0.05, 0.1) is 11.3 Å². The average Bonchev–Trinajstić information content (AvgIpc) is 2.75. The number of carbonyl (C=O) groups is 2. The van der Waals surface area contributed by atoms with E-state index in [1.54, 1.807) is 0 Å². The largest absolute Gasteiger partial charge is 0.365 e. The predicted octanol–water partition coefficient (Wildman–Crippen LogP) is 4.12. The van der Waals surface area contributed by atoms with E-state index in [9.17, 15) is 18.4 Å². The number of amides is 2. The van der Waals surface area contributed by atoms with Crippen molar-refractivity contribution >= 4 is 39.9 Å². The number of carbonyl (C=O) groups excluding carboxylic acids is 2. The smallest absolute Gasteiger partial charge is 0.251 e. The maximum Gasteiger partial charge on any atom is 0.251 e. The van der Waals surface area contributed by atoms with Crippen LogP contribution in [0.3, 0.4) is 0 Å². The van der Waals surface area contributed by atoms with Gasteiger partial charge in [0.2, 0.25) is 5.91 Å². The third kappa shape index (κ3) is 4.24. The Labute approximate surface area is 158 Å². The van der Waals surface area contributed by atoms with Crippen molar-refractivity contribution in [3.63, 3.8) is 0 Å². The van der Waals surface area contributed by atoms with Crippen molar-refractivity contribution in [2.45, 2.75) is 37.0 Å². The summed E-state index contributed by atoms with van der Waals surface area (Å²) in [5, 5.41) is 3.20. The third-order valence-electron chi connectivity index (χ3n) is 4.17. The van der Waals surface area contributed by atoms with Gasteiger partial charge in [0, 0.05) is 15.8 Å². The van der Waals surface area contributed by atoms with Crippen LogP contribution >= 0.6 is 23.1 Å². The lowest BCUT2D eigenvalue weighted by Crippen LogP contribution is -2.19. The van der Waals surface area contributed by atoms with Crippen LogP contribution in [0.5, 0.6) is 0 Å². The minimum absolute atomic E-state index is 0.0523. The molecule has 0 spiro atoms. The molecule has 0 unspecified atom stereocenters. The van der Waals surface area contributed by atoms with Crippen LogP contribution in [0.2, 0.25) is 0 Å². The molecule has 0 radical (unpaired) electrons. The van der Waals surface area contributed by atoms with Gasteiger partial charge in [0.15, 0.2) is 0 Å². The van der Waals surface area contributed by atoms with Crippen LogP contribution in [0.4, 0.5) is 13.8 Å². The standard InChI is InChI=1S/C18H18F2N2O2S2/c19-10-6-7-14(12(20)8-10)25-9-15(23)22-18-16(17(21)24)11-4-2-1-3-5-13(11)26-18/h6-8H,1-5,9H2,(H2,21,24)(H,22,23). The minimum atomic E-state index is -0.705. The zero-order valence-electron chi connectivity index (χ0n) is 13.9. The van der Waals surface area contributed by atoms with Crippen LogP contribution in [-0.4, -0.2) is 17.6 Å². The second-order valence-electron chi connectivity index (χ2n) is 6.04. The first-order chi connectivity index (χ1) is 12.5. The van der Waals surface area contributed by atoms with Crippen molar-refractivity contribution in [2.75, 3.05) is 11.1 Å². The van der Waals surface area contributed by atoms with Crippen molar-refractivity contribution in [1.82, 2.24) is 0 Å². The number of primary amides is 1. The molecule has 0 aliphatic heterocycles. The van der Waals surface area contributed by atoms with Crippen LogP contribution in [0.1, 0.15) is 40.1 Å². The quantitative estimate of drug-likeness (QED) is 0.590. The summed E-state index contributed by atoms with van der Waals surface area (Å²) in [6, 6.07) is 3.22. The molecular formula is C18H18F2N2O2S2. The van der Waals surface area contributed by atoms with Gasteiger partial charge in [-0.1, -0.05) is 6.42 Å². The lowest BCUT2D eigenvalue weighted by atomic mass is 10.1.